The minimum Gasteiger partial charge on any atom is -0.490 e. The predicted octanol–water partition coefficient (Wildman–Crippen LogP) is 5.45. The van der Waals surface area contributed by atoms with Gasteiger partial charge in [0.25, 0.3) is 11.2 Å². The second-order valence-electron chi connectivity index (χ2n) is 10.8. The van der Waals surface area contributed by atoms with E-state index in [2.05, 4.69) is 54.9 Å². The SMILES string of the molecule is CCOC(=O)C1=C(C)N=c2s/c(=C\c3cc(I)c(OCc4cccc([N+](=O)[O-])c4)c(I)c3)c(=O)n2[C@H]1c1ccc(OCC(=O)OC)c(OCC)c1. The zero-order valence-corrected chi connectivity index (χ0v) is 32.9. The quantitative estimate of drug-likeness (QED) is 0.0732. The summed E-state index contributed by atoms with van der Waals surface area (Å²) in [5.74, 6) is 0.0464. The molecule has 0 aliphatic carbocycles. The number of hydrogen-bond acceptors (Lipinski definition) is 12. The molecule has 0 spiro atoms. The van der Waals surface area contributed by atoms with E-state index in [1.165, 1.54) is 35.1 Å². The molecule has 2 heterocycles. The highest BCUT2D eigenvalue weighted by molar-refractivity contribution is 14.1. The van der Waals surface area contributed by atoms with Crippen LogP contribution in [0, 0.1) is 17.3 Å². The molecule has 5 rings (SSSR count). The molecule has 0 fully saturated rings. The van der Waals surface area contributed by atoms with Crippen LogP contribution in [0.15, 0.2) is 75.7 Å². The molecule has 3 aromatic carbocycles. The van der Waals surface area contributed by atoms with Gasteiger partial charge in [-0.25, -0.2) is 14.6 Å². The van der Waals surface area contributed by atoms with Crippen molar-refractivity contribution < 1.29 is 38.2 Å². The lowest BCUT2D eigenvalue weighted by atomic mass is 9.95. The van der Waals surface area contributed by atoms with E-state index in [0.717, 1.165) is 12.7 Å². The van der Waals surface area contributed by atoms with Crippen molar-refractivity contribution >= 4 is 80.2 Å². The molecule has 0 saturated heterocycles. The number of nitrogens with zero attached hydrogens (tertiary/aromatic N) is 3. The molecule has 51 heavy (non-hydrogen) atoms. The molecular formula is C35H31I2N3O10S. The number of nitro groups is 1. The number of aromatic nitrogens is 1. The van der Waals surface area contributed by atoms with Gasteiger partial charge in [0.2, 0.25) is 0 Å². The van der Waals surface area contributed by atoms with Crippen LogP contribution in [0.4, 0.5) is 5.69 Å². The molecule has 266 valence electrons. The van der Waals surface area contributed by atoms with Gasteiger partial charge in [-0.2, -0.15) is 0 Å². The third-order valence-electron chi connectivity index (χ3n) is 7.50. The van der Waals surface area contributed by atoms with E-state index in [1.54, 1.807) is 57.2 Å². The number of hydrogen-bond donors (Lipinski definition) is 0. The maximum absolute atomic E-state index is 14.2. The van der Waals surface area contributed by atoms with Crippen LogP contribution in [0.1, 0.15) is 43.5 Å². The number of methoxy groups -OCH3 is 1. The van der Waals surface area contributed by atoms with Crippen molar-refractivity contribution in [1.82, 2.24) is 4.57 Å². The normalized spacial score (nSPS) is 14.0. The monoisotopic (exact) mass is 939 g/mol. The van der Waals surface area contributed by atoms with Crippen LogP contribution < -0.4 is 29.1 Å². The predicted molar refractivity (Wildman–Crippen MR) is 205 cm³/mol. The van der Waals surface area contributed by atoms with Gasteiger partial charge in [0.1, 0.15) is 12.4 Å². The molecule has 0 saturated carbocycles. The maximum atomic E-state index is 14.2. The van der Waals surface area contributed by atoms with Gasteiger partial charge in [-0.15, -0.1) is 0 Å². The number of nitro benzene ring substituents is 1. The Morgan fingerprint density at radius 3 is 2.43 bits per heavy atom. The summed E-state index contributed by atoms with van der Waals surface area (Å²) in [6.07, 6.45) is 1.76. The van der Waals surface area contributed by atoms with Crippen molar-refractivity contribution in [2.45, 2.75) is 33.4 Å². The summed E-state index contributed by atoms with van der Waals surface area (Å²) < 4.78 is 31.0. The van der Waals surface area contributed by atoms with Gasteiger partial charge in [-0.05, 0) is 113 Å². The topological polar surface area (TPSA) is 158 Å². The molecule has 16 heteroatoms. The van der Waals surface area contributed by atoms with Crippen LogP contribution in [-0.4, -0.2) is 48.4 Å². The number of carbonyl (C=O) groups is 2. The number of halogens is 2. The van der Waals surface area contributed by atoms with E-state index < -0.39 is 22.9 Å². The first-order valence-corrected chi connectivity index (χ1v) is 18.4. The first-order valence-electron chi connectivity index (χ1n) is 15.5. The van der Waals surface area contributed by atoms with Crippen molar-refractivity contribution in [3.8, 4) is 17.2 Å². The van der Waals surface area contributed by atoms with E-state index in [0.29, 0.717) is 43.4 Å². The molecule has 0 bridgehead atoms. The van der Waals surface area contributed by atoms with Crippen molar-refractivity contribution in [2.24, 2.45) is 4.99 Å². The molecule has 4 aromatic rings. The molecule has 1 atom stereocenters. The number of non-ortho nitro benzene ring substituents is 1. The molecule has 0 N–H and O–H groups in total. The zero-order valence-electron chi connectivity index (χ0n) is 27.8. The van der Waals surface area contributed by atoms with Crippen molar-refractivity contribution in [2.75, 3.05) is 26.9 Å². The Kier molecular flexibility index (Phi) is 12.5. The van der Waals surface area contributed by atoms with Gasteiger partial charge in [0.15, 0.2) is 22.9 Å². The van der Waals surface area contributed by atoms with E-state index >= 15 is 0 Å². The summed E-state index contributed by atoms with van der Waals surface area (Å²) in [4.78, 5) is 55.1. The van der Waals surface area contributed by atoms with Crippen LogP contribution in [0.2, 0.25) is 0 Å². The second-order valence-corrected chi connectivity index (χ2v) is 14.2. The number of ether oxygens (including phenoxy) is 5. The van der Waals surface area contributed by atoms with Crippen molar-refractivity contribution in [3.05, 3.63) is 120 Å². The summed E-state index contributed by atoms with van der Waals surface area (Å²) >= 11 is 5.49. The van der Waals surface area contributed by atoms with Gasteiger partial charge < -0.3 is 23.7 Å². The van der Waals surface area contributed by atoms with Gasteiger partial charge in [-0.1, -0.05) is 29.5 Å². The van der Waals surface area contributed by atoms with E-state index in [4.69, 9.17) is 18.9 Å². The van der Waals surface area contributed by atoms with E-state index in [-0.39, 0.29) is 43.2 Å². The fourth-order valence-electron chi connectivity index (χ4n) is 5.25. The molecular weight excluding hydrogens is 908 g/mol. The maximum Gasteiger partial charge on any atom is 0.343 e. The largest absolute Gasteiger partial charge is 0.490 e. The van der Waals surface area contributed by atoms with Gasteiger partial charge in [0.05, 0.1) is 54.2 Å². The minimum absolute atomic E-state index is 0.0134. The van der Waals surface area contributed by atoms with Crippen molar-refractivity contribution in [3.63, 3.8) is 0 Å². The lowest BCUT2D eigenvalue weighted by Gasteiger charge is -2.25. The number of rotatable bonds is 13. The first-order chi connectivity index (χ1) is 24.4. The summed E-state index contributed by atoms with van der Waals surface area (Å²) in [7, 11) is 1.26. The summed E-state index contributed by atoms with van der Waals surface area (Å²) in [6, 6.07) is 14.1. The number of fused-ring (bicyclic) bond motifs is 1. The Hall–Kier alpha value is -4.30. The molecule has 0 amide bonds. The Bertz CT molecular complexity index is 2210. The van der Waals surface area contributed by atoms with E-state index in [1.807, 2.05) is 12.1 Å². The lowest BCUT2D eigenvalue weighted by molar-refractivity contribution is -0.384. The fraction of sp³-hybridized carbons (Fsp3) is 0.257. The third kappa shape index (κ3) is 8.61. The zero-order chi connectivity index (χ0) is 36.8. The molecule has 0 unspecified atom stereocenters. The highest BCUT2D eigenvalue weighted by Crippen LogP contribution is 2.37. The van der Waals surface area contributed by atoms with Gasteiger partial charge >= 0.3 is 11.9 Å². The molecule has 1 aliphatic rings. The highest BCUT2D eigenvalue weighted by Gasteiger charge is 2.34. The standard InChI is InChI=1S/C35H31I2N3O10S/c1-5-47-27-16-22(10-11-26(27)49-18-29(41)46-4)31-30(34(43)48-6-2)19(3)38-35-39(31)33(42)28(51-35)15-21-13-24(36)32(25(37)14-21)50-17-20-8-7-9-23(12-20)40(44)45/h7-16,31H,5-6,17-18H2,1-4H3/b28-15-/t31-/m0/s1. The minimum atomic E-state index is -0.902. The first kappa shape index (κ1) is 37.9. The number of esters is 2. The Morgan fingerprint density at radius 2 is 1.76 bits per heavy atom. The number of thiazole rings is 1. The Morgan fingerprint density at radius 1 is 1.02 bits per heavy atom. The smallest absolute Gasteiger partial charge is 0.343 e. The van der Waals surface area contributed by atoms with Crippen LogP contribution in [0.5, 0.6) is 17.2 Å². The second kappa shape index (κ2) is 16.8. The molecule has 1 aromatic heterocycles. The summed E-state index contributed by atoms with van der Waals surface area (Å²) in [6.45, 7) is 5.41. The molecule has 13 nitrogen and oxygen atoms in total. The Balaban J connectivity index is 1.55. The third-order valence-corrected chi connectivity index (χ3v) is 10.1. The van der Waals surface area contributed by atoms with E-state index in [9.17, 15) is 24.5 Å². The van der Waals surface area contributed by atoms with Gasteiger partial charge in [-0.3, -0.25) is 19.5 Å². The number of carbonyl (C=O) groups excluding carboxylic acids is 2. The average molecular weight is 940 g/mol. The number of benzene rings is 3. The van der Waals surface area contributed by atoms with Crippen LogP contribution in [-0.2, 0) is 25.7 Å². The van der Waals surface area contributed by atoms with Crippen molar-refractivity contribution in [1.29, 1.82) is 0 Å². The molecule has 0 radical (unpaired) electrons. The highest BCUT2D eigenvalue weighted by atomic mass is 127. The van der Waals surface area contributed by atoms with Crippen LogP contribution in [0.25, 0.3) is 6.08 Å². The lowest BCUT2D eigenvalue weighted by Crippen LogP contribution is -2.40. The van der Waals surface area contributed by atoms with Gasteiger partial charge in [0, 0.05) is 12.1 Å². The molecule has 1 aliphatic heterocycles. The fourth-order valence-corrected chi connectivity index (χ4v) is 8.43. The average Bonchev–Trinajstić information content (AvgIpc) is 3.40. The number of allylic oxidation sites excluding steroid dienone is 1. The van der Waals surface area contributed by atoms with Crippen LogP contribution in [0.3, 0.4) is 0 Å². The van der Waals surface area contributed by atoms with Crippen LogP contribution >= 0.6 is 56.5 Å². The summed E-state index contributed by atoms with van der Waals surface area (Å²) in [5.41, 5.74) is 2.17. The Labute approximate surface area is 323 Å². The summed E-state index contributed by atoms with van der Waals surface area (Å²) in [5, 5.41) is 11.2.